The van der Waals surface area contributed by atoms with Gasteiger partial charge in [0.1, 0.15) is 5.82 Å². The Labute approximate surface area is 143 Å². The average molecular weight is 381 g/mol. The van der Waals surface area contributed by atoms with Gasteiger partial charge in [0.2, 0.25) is 0 Å². The van der Waals surface area contributed by atoms with Gasteiger partial charge in [0.25, 0.3) is 0 Å². The highest BCUT2D eigenvalue weighted by molar-refractivity contribution is 9.10. The van der Waals surface area contributed by atoms with Gasteiger partial charge in [-0.3, -0.25) is 0 Å². The van der Waals surface area contributed by atoms with Crippen molar-refractivity contribution in [2.24, 2.45) is 18.9 Å². The SMILES string of the molecule is Cn1c(CC2CCC(CO)CC2)nc2cc(C(=O)O)c(Br)cc21. The van der Waals surface area contributed by atoms with Gasteiger partial charge in [-0.2, -0.15) is 0 Å². The zero-order chi connectivity index (χ0) is 16.6. The van der Waals surface area contributed by atoms with E-state index in [0.717, 1.165) is 49.0 Å². The number of imidazole rings is 1. The van der Waals surface area contributed by atoms with Gasteiger partial charge in [-0.05, 0) is 65.6 Å². The van der Waals surface area contributed by atoms with Crippen LogP contribution in [0, 0.1) is 11.8 Å². The van der Waals surface area contributed by atoms with Gasteiger partial charge in [-0.1, -0.05) is 0 Å². The van der Waals surface area contributed by atoms with Crippen LogP contribution in [0.2, 0.25) is 0 Å². The molecular weight excluding hydrogens is 360 g/mol. The van der Waals surface area contributed by atoms with Crippen molar-refractivity contribution in [1.29, 1.82) is 0 Å². The first kappa shape index (κ1) is 16.5. The van der Waals surface area contributed by atoms with Gasteiger partial charge in [-0.15, -0.1) is 0 Å². The molecule has 1 aromatic heterocycles. The number of aromatic carboxylic acids is 1. The van der Waals surface area contributed by atoms with E-state index >= 15 is 0 Å². The van der Waals surface area contributed by atoms with Gasteiger partial charge >= 0.3 is 5.97 Å². The number of benzene rings is 1. The van der Waals surface area contributed by atoms with Crippen LogP contribution in [-0.2, 0) is 13.5 Å². The van der Waals surface area contributed by atoms with Gasteiger partial charge in [0.15, 0.2) is 0 Å². The number of rotatable bonds is 4. The normalized spacial score (nSPS) is 21.7. The molecule has 0 bridgehead atoms. The van der Waals surface area contributed by atoms with Gasteiger partial charge < -0.3 is 14.8 Å². The predicted octanol–water partition coefficient (Wildman–Crippen LogP) is 3.38. The molecule has 0 saturated heterocycles. The van der Waals surface area contributed by atoms with Crippen LogP contribution in [0.3, 0.4) is 0 Å². The maximum absolute atomic E-state index is 11.2. The Balaban J connectivity index is 1.84. The average Bonchev–Trinajstić information content (AvgIpc) is 2.83. The first-order valence-corrected chi connectivity index (χ1v) is 8.78. The van der Waals surface area contributed by atoms with Crippen molar-refractivity contribution in [2.45, 2.75) is 32.1 Å². The van der Waals surface area contributed by atoms with E-state index in [0.29, 0.717) is 22.9 Å². The molecule has 1 saturated carbocycles. The van der Waals surface area contributed by atoms with Crippen LogP contribution in [0.15, 0.2) is 16.6 Å². The standard InChI is InChI=1S/C17H21BrN2O3/c1-20-15-8-13(18)12(17(22)23)7-14(15)19-16(20)6-10-2-4-11(9-21)5-3-10/h7-8,10-11,21H,2-6,9H2,1H3,(H,22,23). The number of aliphatic hydroxyl groups excluding tert-OH is 1. The third-order valence-electron chi connectivity index (χ3n) is 4.99. The van der Waals surface area contributed by atoms with E-state index in [-0.39, 0.29) is 5.56 Å². The van der Waals surface area contributed by atoms with Crippen molar-refractivity contribution >= 4 is 32.9 Å². The molecule has 0 atom stereocenters. The summed E-state index contributed by atoms with van der Waals surface area (Å²) < 4.78 is 2.64. The molecule has 2 N–H and O–H groups in total. The van der Waals surface area contributed by atoms with E-state index in [1.54, 1.807) is 6.07 Å². The quantitative estimate of drug-likeness (QED) is 0.852. The molecule has 2 aromatic rings. The third-order valence-corrected chi connectivity index (χ3v) is 5.64. The van der Waals surface area contributed by atoms with E-state index < -0.39 is 5.97 Å². The Hall–Kier alpha value is -1.40. The minimum atomic E-state index is -0.951. The van der Waals surface area contributed by atoms with Crippen LogP contribution < -0.4 is 0 Å². The number of carboxylic acids is 1. The molecular formula is C17H21BrN2O3. The molecule has 1 aliphatic carbocycles. The summed E-state index contributed by atoms with van der Waals surface area (Å²) in [5.74, 6) is 1.10. The Bertz CT molecular complexity index is 733. The molecule has 1 heterocycles. The molecule has 5 nitrogen and oxygen atoms in total. The van der Waals surface area contributed by atoms with Crippen LogP contribution in [0.4, 0.5) is 0 Å². The van der Waals surface area contributed by atoms with Crippen LogP contribution in [0.5, 0.6) is 0 Å². The number of carbonyl (C=O) groups is 1. The van der Waals surface area contributed by atoms with Crippen LogP contribution >= 0.6 is 15.9 Å². The van der Waals surface area contributed by atoms with E-state index in [4.69, 9.17) is 0 Å². The fourth-order valence-corrected chi connectivity index (χ4v) is 3.99. The first-order chi connectivity index (χ1) is 11.0. The van der Waals surface area contributed by atoms with Gasteiger partial charge in [-0.25, -0.2) is 9.78 Å². The maximum Gasteiger partial charge on any atom is 0.336 e. The number of fused-ring (bicyclic) bond motifs is 1. The molecule has 3 rings (SSSR count). The lowest BCUT2D eigenvalue weighted by atomic mass is 9.81. The lowest BCUT2D eigenvalue weighted by molar-refractivity contribution is 0.0696. The molecule has 0 radical (unpaired) electrons. The Kier molecular flexibility index (Phi) is 4.73. The Morgan fingerprint density at radius 3 is 2.57 bits per heavy atom. The maximum atomic E-state index is 11.2. The lowest BCUT2D eigenvalue weighted by Gasteiger charge is -2.26. The van der Waals surface area contributed by atoms with Crippen molar-refractivity contribution in [1.82, 2.24) is 9.55 Å². The second-order valence-electron chi connectivity index (χ2n) is 6.49. The van der Waals surface area contributed by atoms with E-state index in [1.165, 1.54) is 0 Å². The van der Waals surface area contributed by atoms with Crippen LogP contribution in [0.25, 0.3) is 11.0 Å². The molecule has 1 aromatic carbocycles. The summed E-state index contributed by atoms with van der Waals surface area (Å²) in [6.45, 7) is 0.297. The number of hydrogen-bond acceptors (Lipinski definition) is 3. The molecule has 23 heavy (non-hydrogen) atoms. The second-order valence-corrected chi connectivity index (χ2v) is 7.34. The number of hydrogen-bond donors (Lipinski definition) is 2. The second kappa shape index (κ2) is 6.61. The van der Waals surface area contributed by atoms with Crippen molar-refractivity contribution in [2.75, 3.05) is 6.61 Å². The number of aromatic nitrogens is 2. The minimum Gasteiger partial charge on any atom is -0.478 e. The summed E-state index contributed by atoms with van der Waals surface area (Å²) in [5.41, 5.74) is 1.92. The molecule has 0 spiro atoms. The Morgan fingerprint density at radius 1 is 1.30 bits per heavy atom. The third kappa shape index (κ3) is 3.28. The molecule has 1 aliphatic rings. The van der Waals surface area contributed by atoms with Crippen molar-refractivity contribution in [3.05, 3.63) is 28.0 Å². The van der Waals surface area contributed by atoms with Crippen molar-refractivity contribution in [3.8, 4) is 0 Å². The number of carboxylic acid groups (broad SMARTS) is 1. The first-order valence-electron chi connectivity index (χ1n) is 7.98. The number of nitrogens with zero attached hydrogens (tertiary/aromatic N) is 2. The monoisotopic (exact) mass is 380 g/mol. The van der Waals surface area contributed by atoms with Crippen LogP contribution in [0.1, 0.15) is 41.9 Å². The smallest absolute Gasteiger partial charge is 0.336 e. The molecule has 1 fully saturated rings. The summed E-state index contributed by atoms with van der Waals surface area (Å²) >= 11 is 3.33. The topological polar surface area (TPSA) is 75.3 Å². The zero-order valence-corrected chi connectivity index (χ0v) is 14.7. The molecule has 124 valence electrons. The molecule has 0 aliphatic heterocycles. The summed E-state index contributed by atoms with van der Waals surface area (Å²) in [4.78, 5) is 15.9. The fraction of sp³-hybridized carbons (Fsp3) is 0.529. The number of aryl methyl sites for hydroxylation is 1. The largest absolute Gasteiger partial charge is 0.478 e. The summed E-state index contributed by atoms with van der Waals surface area (Å²) in [5, 5.41) is 18.5. The highest BCUT2D eigenvalue weighted by Gasteiger charge is 2.23. The van der Waals surface area contributed by atoms with Gasteiger partial charge in [0.05, 0.1) is 16.6 Å². The van der Waals surface area contributed by atoms with Crippen LogP contribution in [-0.4, -0.2) is 32.3 Å². The number of aliphatic hydroxyl groups is 1. The zero-order valence-electron chi connectivity index (χ0n) is 13.1. The number of halogens is 1. The van der Waals surface area contributed by atoms with E-state index in [2.05, 4.69) is 25.5 Å². The molecule has 6 heteroatoms. The lowest BCUT2D eigenvalue weighted by Crippen LogP contribution is -2.19. The summed E-state index contributed by atoms with van der Waals surface area (Å²) in [6.07, 6.45) is 5.32. The minimum absolute atomic E-state index is 0.241. The summed E-state index contributed by atoms with van der Waals surface area (Å²) in [6, 6.07) is 3.46. The van der Waals surface area contributed by atoms with E-state index in [9.17, 15) is 15.0 Å². The van der Waals surface area contributed by atoms with Crippen molar-refractivity contribution < 1.29 is 15.0 Å². The van der Waals surface area contributed by atoms with Gasteiger partial charge in [0, 0.05) is 24.5 Å². The highest BCUT2D eigenvalue weighted by atomic mass is 79.9. The predicted molar refractivity (Wildman–Crippen MR) is 91.6 cm³/mol. The van der Waals surface area contributed by atoms with Crippen molar-refractivity contribution in [3.63, 3.8) is 0 Å². The molecule has 0 unspecified atom stereocenters. The Morgan fingerprint density at radius 2 is 1.96 bits per heavy atom. The summed E-state index contributed by atoms with van der Waals surface area (Å²) in [7, 11) is 1.98. The molecule has 0 amide bonds. The fourth-order valence-electron chi connectivity index (χ4n) is 3.49. The highest BCUT2D eigenvalue weighted by Crippen LogP contribution is 2.32. The van der Waals surface area contributed by atoms with E-state index in [1.807, 2.05) is 13.1 Å².